The molecule has 1 aromatic carbocycles. The first-order valence-electron chi connectivity index (χ1n) is 6.38. The van der Waals surface area contributed by atoms with Crippen LogP contribution in [-0.2, 0) is 9.84 Å². The molecule has 7 heteroatoms. The topological polar surface area (TPSA) is 37.4 Å². The highest BCUT2D eigenvalue weighted by molar-refractivity contribution is 9.09. The minimum Gasteiger partial charge on any atom is -0.371 e. The average Bonchev–Trinajstić information content (AvgIpc) is 2.47. The summed E-state index contributed by atoms with van der Waals surface area (Å²) in [7, 11) is -4.50. The molecule has 112 valence electrons. The third-order valence-electron chi connectivity index (χ3n) is 3.50. The highest BCUT2D eigenvalue weighted by Crippen LogP contribution is 2.26. The van der Waals surface area contributed by atoms with Gasteiger partial charge >= 0.3 is 5.76 Å². The van der Waals surface area contributed by atoms with Crippen LogP contribution >= 0.6 is 15.9 Å². The summed E-state index contributed by atoms with van der Waals surface area (Å²) in [6.07, 6.45) is 2.24. The van der Waals surface area contributed by atoms with E-state index in [9.17, 15) is 17.2 Å². The van der Waals surface area contributed by atoms with Gasteiger partial charge in [-0.05, 0) is 43.0 Å². The molecule has 1 aliphatic rings. The number of halogens is 3. The highest BCUT2D eigenvalue weighted by atomic mass is 79.9. The molecule has 1 heterocycles. The molecule has 1 aliphatic heterocycles. The maximum absolute atomic E-state index is 12.4. The Bertz CT molecular complexity index is 548. The van der Waals surface area contributed by atoms with Gasteiger partial charge in [-0.1, -0.05) is 15.9 Å². The Morgan fingerprint density at radius 3 is 2.50 bits per heavy atom. The van der Waals surface area contributed by atoms with Gasteiger partial charge in [0.25, 0.3) is 0 Å². The van der Waals surface area contributed by atoms with Gasteiger partial charge in [0.2, 0.25) is 9.84 Å². The third kappa shape index (κ3) is 3.31. The van der Waals surface area contributed by atoms with E-state index in [0.29, 0.717) is 5.92 Å². The third-order valence-corrected chi connectivity index (χ3v) is 5.82. The van der Waals surface area contributed by atoms with Crippen LogP contribution in [0.25, 0.3) is 0 Å². The van der Waals surface area contributed by atoms with Crippen molar-refractivity contribution in [3.63, 3.8) is 0 Å². The maximum Gasteiger partial charge on any atom is 0.341 e. The Morgan fingerprint density at radius 1 is 1.30 bits per heavy atom. The first-order chi connectivity index (χ1) is 9.45. The lowest BCUT2D eigenvalue weighted by molar-refractivity contribution is 0.234. The number of piperidine rings is 1. The second-order valence-corrected chi connectivity index (χ2v) is 7.47. The van der Waals surface area contributed by atoms with E-state index in [1.807, 2.05) is 0 Å². The van der Waals surface area contributed by atoms with Crippen LogP contribution in [0.1, 0.15) is 12.8 Å². The van der Waals surface area contributed by atoms with Gasteiger partial charge in [-0.3, -0.25) is 0 Å². The zero-order chi connectivity index (χ0) is 14.8. The van der Waals surface area contributed by atoms with Crippen LogP contribution < -0.4 is 4.90 Å². The molecule has 1 aromatic rings. The van der Waals surface area contributed by atoms with E-state index in [-0.39, 0.29) is 4.90 Å². The van der Waals surface area contributed by atoms with Gasteiger partial charge in [0.1, 0.15) is 0 Å². The molecule has 1 fully saturated rings. The Labute approximate surface area is 126 Å². The average molecular weight is 368 g/mol. The van der Waals surface area contributed by atoms with E-state index >= 15 is 0 Å². The van der Waals surface area contributed by atoms with E-state index in [2.05, 4.69) is 20.8 Å². The molecule has 0 amide bonds. The van der Waals surface area contributed by atoms with E-state index in [4.69, 9.17) is 0 Å². The normalized spacial score (nSPS) is 20.4. The molecule has 0 saturated carbocycles. The molecule has 20 heavy (non-hydrogen) atoms. The second kappa shape index (κ2) is 6.39. The lowest BCUT2D eigenvalue weighted by Crippen LogP contribution is -2.35. The van der Waals surface area contributed by atoms with Crippen LogP contribution in [0.5, 0.6) is 0 Å². The van der Waals surface area contributed by atoms with E-state index in [1.54, 1.807) is 12.1 Å². The zero-order valence-corrected chi connectivity index (χ0v) is 13.2. The van der Waals surface area contributed by atoms with Crippen LogP contribution in [0.4, 0.5) is 14.5 Å². The first kappa shape index (κ1) is 15.7. The van der Waals surface area contributed by atoms with Crippen molar-refractivity contribution in [2.45, 2.75) is 23.5 Å². The predicted molar refractivity (Wildman–Crippen MR) is 78.4 cm³/mol. The molecule has 1 unspecified atom stereocenters. The monoisotopic (exact) mass is 367 g/mol. The molecule has 3 nitrogen and oxygen atoms in total. The van der Waals surface area contributed by atoms with Crippen LogP contribution in [0, 0.1) is 5.92 Å². The molecule has 0 spiro atoms. The highest BCUT2D eigenvalue weighted by Gasteiger charge is 2.26. The summed E-state index contributed by atoms with van der Waals surface area (Å²) in [5.41, 5.74) is 0.879. The molecule has 0 aromatic heterocycles. The smallest absolute Gasteiger partial charge is 0.341 e. The van der Waals surface area contributed by atoms with Crippen molar-refractivity contribution >= 4 is 31.5 Å². The van der Waals surface area contributed by atoms with Crippen molar-refractivity contribution < 1.29 is 17.2 Å². The van der Waals surface area contributed by atoms with Gasteiger partial charge in [-0.25, -0.2) is 8.42 Å². The summed E-state index contributed by atoms with van der Waals surface area (Å²) in [5, 5.41) is 0.932. The fraction of sp³-hybridized carbons (Fsp3) is 0.538. The Morgan fingerprint density at radius 2 is 1.95 bits per heavy atom. The summed E-state index contributed by atoms with van der Waals surface area (Å²) in [5.74, 6) is -2.81. The quantitative estimate of drug-likeness (QED) is 0.766. The lowest BCUT2D eigenvalue weighted by Gasteiger charge is -2.33. The van der Waals surface area contributed by atoms with E-state index < -0.39 is 15.6 Å². The standard InChI is InChI=1S/C13H16BrF2NO2S/c14-8-10-2-1-7-17(9-10)11-3-5-12(6-4-11)20(18,19)13(15)16/h3-6,10,13H,1-2,7-9H2. The summed E-state index contributed by atoms with van der Waals surface area (Å²) in [6, 6.07) is 5.72. The number of alkyl halides is 3. The minimum absolute atomic E-state index is 0.328. The fourth-order valence-corrected chi connectivity index (χ4v) is 3.62. The molecule has 1 saturated heterocycles. The Balaban J connectivity index is 2.16. The van der Waals surface area contributed by atoms with E-state index in [0.717, 1.165) is 30.5 Å². The van der Waals surface area contributed by atoms with Crippen molar-refractivity contribution in [1.29, 1.82) is 0 Å². The van der Waals surface area contributed by atoms with Gasteiger partial charge in [-0.15, -0.1) is 0 Å². The van der Waals surface area contributed by atoms with Crippen LogP contribution in [0.2, 0.25) is 0 Å². The van der Waals surface area contributed by atoms with Crippen LogP contribution in [-0.4, -0.2) is 32.6 Å². The van der Waals surface area contributed by atoms with Crippen LogP contribution in [0.3, 0.4) is 0 Å². The number of benzene rings is 1. The van der Waals surface area contributed by atoms with Gasteiger partial charge in [0.15, 0.2) is 0 Å². The largest absolute Gasteiger partial charge is 0.371 e. The van der Waals surface area contributed by atoms with Crippen molar-refractivity contribution in [2.24, 2.45) is 5.92 Å². The zero-order valence-electron chi connectivity index (χ0n) is 10.8. The molecule has 1 atom stereocenters. The summed E-state index contributed by atoms with van der Waals surface area (Å²) in [6.45, 7) is 1.80. The number of nitrogens with zero attached hydrogens (tertiary/aromatic N) is 1. The molecule has 0 aliphatic carbocycles. The number of hydrogen-bond acceptors (Lipinski definition) is 3. The number of sulfone groups is 1. The number of anilines is 1. The molecular weight excluding hydrogens is 352 g/mol. The minimum atomic E-state index is -4.50. The summed E-state index contributed by atoms with van der Waals surface area (Å²) < 4.78 is 47.6. The summed E-state index contributed by atoms with van der Waals surface area (Å²) in [4.78, 5) is 1.83. The summed E-state index contributed by atoms with van der Waals surface area (Å²) >= 11 is 3.48. The van der Waals surface area contributed by atoms with Crippen molar-refractivity contribution in [2.75, 3.05) is 23.3 Å². The van der Waals surface area contributed by atoms with Gasteiger partial charge in [0.05, 0.1) is 4.90 Å². The number of hydrogen-bond donors (Lipinski definition) is 0. The van der Waals surface area contributed by atoms with Gasteiger partial charge in [0, 0.05) is 24.1 Å². The maximum atomic E-state index is 12.4. The molecular formula is C13H16BrF2NO2S. The second-order valence-electron chi connectivity index (χ2n) is 4.91. The molecule has 0 radical (unpaired) electrons. The Kier molecular flexibility index (Phi) is 5.01. The molecule has 0 N–H and O–H groups in total. The predicted octanol–water partition coefficient (Wildman–Crippen LogP) is 3.29. The lowest BCUT2D eigenvalue weighted by atomic mass is 10.00. The molecule has 2 rings (SSSR count). The Hall–Kier alpha value is -0.690. The molecule has 0 bridgehead atoms. The van der Waals surface area contributed by atoms with Crippen molar-refractivity contribution in [3.8, 4) is 0 Å². The fourth-order valence-electron chi connectivity index (χ4n) is 2.38. The first-order valence-corrected chi connectivity index (χ1v) is 9.05. The number of rotatable bonds is 4. The SMILES string of the molecule is O=S(=O)(c1ccc(N2CCCC(CBr)C2)cc1)C(F)F. The van der Waals surface area contributed by atoms with Crippen LogP contribution in [0.15, 0.2) is 29.2 Å². The van der Waals surface area contributed by atoms with Gasteiger partial charge in [-0.2, -0.15) is 8.78 Å². The van der Waals surface area contributed by atoms with Gasteiger partial charge < -0.3 is 4.90 Å². The van der Waals surface area contributed by atoms with E-state index in [1.165, 1.54) is 18.6 Å². The van der Waals surface area contributed by atoms with Crippen molar-refractivity contribution in [3.05, 3.63) is 24.3 Å². The van der Waals surface area contributed by atoms with Crippen molar-refractivity contribution in [1.82, 2.24) is 0 Å².